The second-order valence-corrected chi connectivity index (χ2v) is 1.52. The van der Waals surface area contributed by atoms with Gasteiger partial charge in [0.05, 0.1) is 0 Å². The quantitative estimate of drug-likeness (QED) is 0.625. The Hall–Kier alpha value is -0.837. The predicted octanol–water partition coefficient (Wildman–Crippen LogP) is -0.872. The van der Waals surface area contributed by atoms with E-state index in [-0.39, 0.29) is 36.1 Å². The molecule has 6 heteroatoms. The zero-order chi connectivity index (χ0) is 6.69. The third-order valence-corrected chi connectivity index (χ3v) is 0.884. The number of carboxylic acids is 1. The number of aromatic nitrogens is 1. The number of rotatable bonds is 1. The second-order valence-electron chi connectivity index (χ2n) is 1.52. The van der Waals surface area contributed by atoms with E-state index in [0.717, 1.165) is 0 Å². The van der Waals surface area contributed by atoms with E-state index >= 15 is 0 Å². The number of carbonyl (C=O) groups is 1. The Labute approximate surface area is 81.8 Å². The molecule has 0 amide bonds. The number of nitrogens with zero attached hydrogens (tertiary/aromatic N) is 1. The van der Waals surface area contributed by atoms with Gasteiger partial charge in [-0.05, 0) is 12.1 Å². The van der Waals surface area contributed by atoms with Gasteiger partial charge in [0.2, 0.25) is 0 Å². The summed E-state index contributed by atoms with van der Waals surface area (Å²) in [5, 5.41) is 8.32. The minimum Gasteiger partial charge on any atom is -0.477 e. The van der Waals surface area contributed by atoms with Gasteiger partial charge in [-0.3, -0.25) is 0 Å². The standard InChI is InChI=1S/C6H5NO2.2H2O.Zn/c8-6(9)5-3-1-2-4-7-5;;;/h1-4H,(H,8,9);2*1H2;. The molecule has 0 aliphatic carbocycles. The van der Waals surface area contributed by atoms with Crippen LogP contribution in [0.5, 0.6) is 0 Å². The summed E-state index contributed by atoms with van der Waals surface area (Å²) in [7, 11) is 0. The van der Waals surface area contributed by atoms with Crippen molar-refractivity contribution in [3.63, 3.8) is 0 Å². The van der Waals surface area contributed by atoms with Crippen LogP contribution in [0.3, 0.4) is 0 Å². The number of carboxylic acid groups (broad SMARTS) is 1. The van der Waals surface area contributed by atoms with E-state index in [2.05, 4.69) is 4.98 Å². The Balaban J connectivity index is -0.000000270. The summed E-state index contributed by atoms with van der Waals surface area (Å²) >= 11 is 0. The van der Waals surface area contributed by atoms with Crippen molar-refractivity contribution in [2.24, 2.45) is 0 Å². The van der Waals surface area contributed by atoms with Crippen LogP contribution in [0.25, 0.3) is 0 Å². The van der Waals surface area contributed by atoms with Crippen molar-refractivity contribution >= 4 is 5.97 Å². The molecule has 1 rings (SSSR count). The molecule has 1 heterocycles. The Morgan fingerprint density at radius 2 is 1.92 bits per heavy atom. The van der Waals surface area contributed by atoms with Crippen LogP contribution in [-0.2, 0) is 19.5 Å². The summed E-state index contributed by atoms with van der Waals surface area (Å²) in [6.45, 7) is 0. The van der Waals surface area contributed by atoms with Gasteiger partial charge in [0.15, 0.2) is 0 Å². The van der Waals surface area contributed by atoms with Crippen molar-refractivity contribution in [1.82, 2.24) is 4.98 Å². The molecule has 0 saturated carbocycles. The molecule has 0 atom stereocenters. The van der Waals surface area contributed by atoms with E-state index in [1.54, 1.807) is 12.1 Å². The van der Waals surface area contributed by atoms with Crippen molar-refractivity contribution in [3.05, 3.63) is 30.1 Å². The van der Waals surface area contributed by atoms with Gasteiger partial charge in [-0.1, -0.05) is 6.07 Å². The molecule has 12 heavy (non-hydrogen) atoms. The van der Waals surface area contributed by atoms with E-state index < -0.39 is 5.97 Å². The fourth-order valence-corrected chi connectivity index (χ4v) is 0.489. The summed E-state index contributed by atoms with van der Waals surface area (Å²) < 4.78 is 0. The molecule has 0 radical (unpaired) electrons. The maximum Gasteiger partial charge on any atom is 0.354 e. The molecule has 0 aliphatic heterocycles. The maximum atomic E-state index is 10.1. The first-order valence-electron chi connectivity index (χ1n) is 2.45. The largest absolute Gasteiger partial charge is 0.477 e. The molecule has 1 aromatic rings. The number of aromatic carboxylic acids is 1. The summed E-state index contributed by atoms with van der Waals surface area (Å²) in [5.41, 5.74) is 0.0810. The second kappa shape index (κ2) is 8.26. The molecular formula is C6H9NO4Zn. The molecule has 0 saturated heterocycles. The molecule has 0 bridgehead atoms. The minimum atomic E-state index is -0.990. The summed E-state index contributed by atoms with van der Waals surface area (Å²) in [4.78, 5) is 13.7. The molecule has 5 nitrogen and oxygen atoms in total. The average Bonchev–Trinajstić information content (AvgIpc) is 1.90. The number of pyridine rings is 1. The van der Waals surface area contributed by atoms with Crippen molar-refractivity contribution in [1.29, 1.82) is 0 Å². The topological polar surface area (TPSA) is 113 Å². The van der Waals surface area contributed by atoms with Crippen LogP contribution in [0.2, 0.25) is 0 Å². The van der Waals surface area contributed by atoms with E-state index in [0.29, 0.717) is 0 Å². The predicted molar refractivity (Wildman–Crippen MR) is 38.4 cm³/mol. The number of hydrogen-bond acceptors (Lipinski definition) is 2. The molecule has 0 aliphatic rings. The van der Waals surface area contributed by atoms with E-state index in [4.69, 9.17) is 5.11 Å². The first-order valence-corrected chi connectivity index (χ1v) is 2.45. The molecular weight excluding hydrogens is 215 g/mol. The Bertz CT molecular complexity index is 216. The van der Waals surface area contributed by atoms with E-state index in [9.17, 15) is 4.79 Å². The summed E-state index contributed by atoms with van der Waals surface area (Å²) in [5.74, 6) is -0.990. The van der Waals surface area contributed by atoms with Gasteiger partial charge in [-0.2, -0.15) is 0 Å². The molecule has 0 aromatic carbocycles. The van der Waals surface area contributed by atoms with E-state index in [1.165, 1.54) is 12.3 Å². The third kappa shape index (κ3) is 4.90. The van der Waals surface area contributed by atoms with Gasteiger partial charge in [-0.25, -0.2) is 9.78 Å². The van der Waals surface area contributed by atoms with Gasteiger partial charge < -0.3 is 16.1 Å². The molecule has 0 spiro atoms. The smallest absolute Gasteiger partial charge is 0.354 e. The van der Waals surface area contributed by atoms with Gasteiger partial charge in [0, 0.05) is 25.7 Å². The third-order valence-electron chi connectivity index (χ3n) is 0.884. The van der Waals surface area contributed by atoms with Crippen LogP contribution in [0, 0.1) is 0 Å². The van der Waals surface area contributed by atoms with Crippen LogP contribution >= 0.6 is 0 Å². The van der Waals surface area contributed by atoms with E-state index in [1.807, 2.05) is 0 Å². The fraction of sp³-hybridized carbons (Fsp3) is 0. The Morgan fingerprint density at radius 3 is 2.17 bits per heavy atom. The van der Waals surface area contributed by atoms with Crippen LogP contribution in [0.1, 0.15) is 10.5 Å². The maximum absolute atomic E-state index is 10.1. The molecule has 0 fully saturated rings. The van der Waals surface area contributed by atoms with Crippen molar-refractivity contribution in [2.45, 2.75) is 0 Å². The van der Waals surface area contributed by atoms with Crippen LogP contribution < -0.4 is 0 Å². The fourth-order valence-electron chi connectivity index (χ4n) is 0.489. The number of hydrogen-bond donors (Lipinski definition) is 1. The van der Waals surface area contributed by atoms with Crippen molar-refractivity contribution in [2.75, 3.05) is 0 Å². The molecule has 1 aromatic heterocycles. The van der Waals surface area contributed by atoms with Gasteiger partial charge in [0.1, 0.15) is 5.69 Å². The normalized spacial score (nSPS) is 6.67. The minimum absolute atomic E-state index is 0. The van der Waals surface area contributed by atoms with Crippen molar-refractivity contribution in [3.8, 4) is 0 Å². The zero-order valence-corrected chi connectivity index (χ0v) is 9.29. The first kappa shape index (κ1) is 17.3. The molecule has 0 unspecified atom stereocenters. The zero-order valence-electron chi connectivity index (χ0n) is 6.32. The van der Waals surface area contributed by atoms with Crippen LogP contribution in [0.15, 0.2) is 24.4 Å². The SMILES string of the molecule is O.O.O=C(O)c1ccccn1.[Zn]. The van der Waals surface area contributed by atoms with Gasteiger partial charge in [0.25, 0.3) is 0 Å². The van der Waals surface area contributed by atoms with Gasteiger partial charge >= 0.3 is 5.97 Å². The molecule has 5 N–H and O–H groups in total. The molecule has 64 valence electrons. The van der Waals surface area contributed by atoms with Crippen LogP contribution in [0.4, 0.5) is 0 Å². The monoisotopic (exact) mass is 223 g/mol. The Morgan fingerprint density at radius 1 is 1.33 bits per heavy atom. The first-order chi connectivity index (χ1) is 4.30. The van der Waals surface area contributed by atoms with Gasteiger partial charge in [-0.15, -0.1) is 0 Å². The van der Waals surface area contributed by atoms with Crippen molar-refractivity contribution < 1.29 is 40.3 Å². The summed E-state index contributed by atoms with van der Waals surface area (Å²) in [6.07, 6.45) is 1.45. The summed E-state index contributed by atoms with van der Waals surface area (Å²) in [6, 6.07) is 4.76. The Kier molecular flexibility index (Phi) is 11.9. The average molecular weight is 225 g/mol. The van der Waals surface area contributed by atoms with Crippen LogP contribution in [-0.4, -0.2) is 27.0 Å².